The Morgan fingerprint density at radius 1 is 1.09 bits per heavy atom. The fraction of sp³-hybridized carbons (Fsp3) is 0.150. The maximum absolute atomic E-state index is 11.5. The lowest BCUT2D eigenvalue weighted by Crippen LogP contribution is -1.97. The second-order valence-electron chi connectivity index (χ2n) is 5.52. The predicted molar refractivity (Wildman–Crippen MR) is 93.1 cm³/mol. The van der Waals surface area contributed by atoms with E-state index in [-0.39, 0.29) is 5.97 Å². The molecule has 0 saturated carbocycles. The van der Waals surface area contributed by atoms with Gasteiger partial charge in [-0.15, -0.1) is 0 Å². The number of rotatable bonds is 4. The summed E-state index contributed by atoms with van der Waals surface area (Å²) in [4.78, 5) is 11.5. The van der Waals surface area contributed by atoms with Crippen LogP contribution in [0.5, 0.6) is 0 Å². The topological polar surface area (TPSA) is 31.2 Å². The minimum atomic E-state index is -0.331. The van der Waals surface area contributed by atoms with Crippen molar-refractivity contribution in [2.24, 2.45) is 0 Å². The number of methoxy groups -OCH3 is 1. The maximum atomic E-state index is 11.5. The Labute approximate surface area is 135 Å². The summed E-state index contributed by atoms with van der Waals surface area (Å²) in [6.45, 7) is 2.73. The van der Waals surface area contributed by atoms with Crippen molar-refractivity contribution in [3.05, 3.63) is 78.0 Å². The molecular formula is C20H19NO2. The number of carbonyl (C=O) groups excluding carboxylic acids is 1. The third-order valence-corrected chi connectivity index (χ3v) is 3.94. The van der Waals surface area contributed by atoms with Crippen molar-refractivity contribution in [1.29, 1.82) is 0 Å². The number of benzene rings is 2. The summed E-state index contributed by atoms with van der Waals surface area (Å²) in [5.74, 6) is -0.331. The molecule has 116 valence electrons. The summed E-state index contributed by atoms with van der Waals surface area (Å²) in [6.07, 6.45) is 3.64. The molecule has 0 fully saturated rings. The zero-order valence-corrected chi connectivity index (χ0v) is 13.3. The number of fused-ring (bicyclic) bond motifs is 1. The molecule has 23 heavy (non-hydrogen) atoms. The van der Waals surface area contributed by atoms with Crippen LogP contribution in [-0.2, 0) is 16.1 Å². The monoisotopic (exact) mass is 305 g/mol. The molecule has 0 aliphatic rings. The van der Waals surface area contributed by atoms with Gasteiger partial charge in [0.15, 0.2) is 0 Å². The first kappa shape index (κ1) is 15.1. The number of nitrogens with zero attached hydrogens (tertiary/aromatic N) is 1. The molecule has 2 aromatic carbocycles. The average molecular weight is 305 g/mol. The highest BCUT2D eigenvalue weighted by Gasteiger charge is 2.11. The van der Waals surface area contributed by atoms with Crippen molar-refractivity contribution in [2.75, 3.05) is 7.11 Å². The van der Waals surface area contributed by atoms with Gasteiger partial charge >= 0.3 is 5.97 Å². The lowest BCUT2D eigenvalue weighted by Gasteiger charge is -2.05. The van der Waals surface area contributed by atoms with Crippen LogP contribution in [0.4, 0.5) is 0 Å². The number of ether oxygens (including phenoxy) is 1. The second-order valence-corrected chi connectivity index (χ2v) is 5.52. The van der Waals surface area contributed by atoms with Crippen molar-refractivity contribution in [3.8, 4) is 0 Å². The average Bonchev–Trinajstić information content (AvgIpc) is 2.94. The van der Waals surface area contributed by atoms with E-state index >= 15 is 0 Å². The molecule has 0 amide bonds. The van der Waals surface area contributed by atoms with E-state index in [4.69, 9.17) is 4.74 Å². The van der Waals surface area contributed by atoms with Crippen LogP contribution >= 0.6 is 0 Å². The van der Waals surface area contributed by atoms with Gasteiger partial charge in [0.2, 0.25) is 0 Å². The maximum Gasteiger partial charge on any atom is 0.330 e. The van der Waals surface area contributed by atoms with Crippen LogP contribution < -0.4 is 0 Å². The summed E-state index contributed by atoms with van der Waals surface area (Å²) in [5.41, 5.74) is 4.36. The van der Waals surface area contributed by atoms with E-state index < -0.39 is 0 Å². The van der Waals surface area contributed by atoms with Crippen LogP contribution in [-0.4, -0.2) is 17.6 Å². The Morgan fingerprint density at radius 2 is 1.78 bits per heavy atom. The Bertz CT molecular complexity index is 860. The molecule has 0 unspecified atom stereocenters. The summed E-state index contributed by atoms with van der Waals surface area (Å²) in [7, 11) is 1.39. The Morgan fingerprint density at radius 3 is 2.52 bits per heavy atom. The third-order valence-electron chi connectivity index (χ3n) is 3.94. The lowest BCUT2D eigenvalue weighted by atomic mass is 10.1. The zero-order chi connectivity index (χ0) is 16.2. The van der Waals surface area contributed by atoms with Crippen molar-refractivity contribution < 1.29 is 9.53 Å². The summed E-state index contributed by atoms with van der Waals surface area (Å²) in [6, 6.07) is 18.6. The first-order chi connectivity index (χ1) is 11.2. The molecule has 1 aromatic heterocycles. The van der Waals surface area contributed by atoms with Gasteiger partial charge in [-0.3, -0.25) is 0 Å². The molecular weight excluding hydrogens is 286 g/mol. The van der Waals surface area contributed by atoms with Crippen LogP contribution in [0.25, 0.3) is 16.5 Å². The standard InChI is InChI=1S/C20H19NO2/c1-15(12-20(22)23-2)18-14-21(13-16-8-4-3-5-9-16)19-11-7-6-10-17(18)19/h3-12,14H,13H2,1-2H3/b15-12+. The zero-order valence-electron chi connectivity index (χ0n) is 13.3. The van der Waals surface area contributed by atoms with Crippen LogP contribution in [0.2, 0.25) is 0 Å². The number of hydrogen-bond donors (Lipinski definition) is 0. The number of para-hydroxylation sites is 1. The number of aromatic nitrogens is 1. The van der Waals surface area contributed by atoms with E-state index in [0.29, 0.717) is 0 Å². The largest absolute Gasteiger partial charge is 0.466 e. The van der Waals surface area contributed by atoms with Crippen LogP contribution in [0, 0.1) is 0 Å². The van der Waals surface area contributed by atoms with Gasteiger partial charge in [-0.25, -0.2) is 4.79 Å². The summed E-state index contributed by atoms with van der Waals surface area (Å²) >= 11 is 0. The lowest BCUT2D eigenvalue weighted by molar-refractivity contribution is -0.134. The number of hydrogen-bond acceptors (Lipinski definition) is 2. The van der Waals surface area contributed by atoms with Crippen molar-refractivity contribution in [1.82, 2.24) is 4.57 Å². The Balaban J connectivity index is 2.07. The molecule has 3 heteroatoms. The fourth-order valence-electron chi connectivity index (χ4n) is 2.79. The number of allylic oxidation sites excluding steroid dienone is 1. The fourth-order valence-corrected chi connectivity index (χ4v) is 2.79. The van der Waals surface area contributed by atoms with Gasteiger partial charge in [-0.1, -0.05) is 48.5 Å². The van der Waals surface area contributed by atoms with E-state index in [2.05, 4.69) is 35.0 Å². The van der Waals surface area contributed by atoms with Crippen molar-refractivity contribution in [2.45, 2.75) is 13.5 Å². The Hall–Kier alpha value is -2.81. The molecule has 0 atom stereocenters. The first-order valence-electron chi connectivity index (χ1n) is 7.57. The highest BCUT2D eigenvalue weighted by atomic mass is 16.5. The van der Waals surface area contributed by atoms with Gasteiger partial charge in [-0.05, 0) is 24.1 Å². The van der Waals surface area contributed by atoms with Gasteiger partial charge in [0, 0.05) is 35.3 Å². The molecule has 1 heterocycles. The van der Waals surface area contributed by atoms with Crippen molar-refractivity contribution in [3.63, 3.8) is 0 Å². The van der Waals surface area contributed by atoms with Gasteiger partial charge in [0.05, 0.1) is 7.11 Å². The highest BCUT2D eigenvalue weighted by molar-refractivity contribution is 5.98. The van der Waals surface area contributed by atoms with E-state index in [9.17, 15) is 4.79 Å². The smallest absolute Gasteiger partial charge is 0.330 e. The SMILES string of the molecule is COC(=O)/C=C(\C)c1cn(Cc2ccccc2)c2ccccc12. The van der Waals surface area contributed by atoms with E-state index in [0.717, 1.165) is 28.6 Å². The minimum Gasteiger partial charge on any atom is -0.466 e. The number of esters is 1. The summed E-state index contributed by atoms with van der Waals surface area (Å²) in [5, 5.41) is 1.14. The first-order valence-corrected chi connectivity index (χ1v) is 7.57. The van der Waals surface area contributed by atoms with E-state index in [1.807, 2.05) is 37.3 Å². The minimum absolute atomic E-state index is 0.331. The van der Waals surface area contributed by atoms with Crippen LogP contribution in [0.15, 0.2) is 66.9 Å². The molecule has 0 spiro atoms. The van der Waals surface area contributed by atoms with Crippen LogP contribution in [0.3, 0.4) is 0 Å². The molecule has 0 N–H and O–H groups in total. The van der Waals surface area contributed by atoms with E-state index in [1.165, 1.54) is 18.7 Å². The second kappa shape index (κ2) is 6.53. The predicted octanol–water partition coefficient (Wildman–Crippen LogP) is 4.27. The normalized spacial score (nSPS) is 11.7. The van der Waals surface area contributed by atoms with Crippen LogP contribution in [0.1, 0.15) is 18.1 Å². The molecule has 0 saturated heterocycles. The molecule has 0 radical (unpaired) electrons. The Kier molecular flexibility index (Phi) is 4.29. The molecule has 0 aliphatic carbocycles. The molecule has 3 nitrogen and oxygen atoms in total. The summed E-state index contributed by atoms with van der Waals surface area (Å²) < 4.78 is 6.95. The van der Waals surface area contributed by atoms with Gasteiger partial charge in [0.1, 0.15) is 0 Å². The molecule has 3 aromatic rings. The number of carbonyl (C=O) groups is 1. The van der Waals surface area contributed by atoms with Gasteiger partial charge < -0.3 is 9.30 Å². The van der Waals surface area contributed by atoms with Gasteiger partial charge in [-0.2, -0.15) is 0 Å². The quantitative estimate of drug-likeness (QED) is 0.532. The van der Waals surface area contributed by atoms with Gasteiger partial charge in [0.25, 0.3) is 0 Å². The third kappa shape index (κ3) is 3.19. The van der Waals surface area contributed by atoms with Crippen molar-refractivity contribution >= 4 is 22.4 Å². The van der Waals surface area contributed by atoms with E-state index in [1.54, 1.807) is 0 Å². The molecule has 0 aliphatic heterocycles. The highest BCUT2D eigenvalue weighted by Crippen LogP contribution is 2.27. The molecule has 0 bridgehead atoms. The molecule has 3 rings (SSSR count).